The van der Waals surface area contributed by atoms with Crippen molar-refractivity contribution in [1.29, 1.82) is 0 Å². The van der Waals surface area contributed by atoms with Crippen LogP contribution < -0.4 is 19.7 Å². The molecule has 0 radical (unpaired) electrons. The molecule has 0 spiro atoms. The van der Waals surface area contributed by atoms with E-state index in [2.05, 4.69) is 83.6 Å². The molecule has 1 aliphatic rings. The van der Waals surface area contributed by atoms with Crippen LogP contribution >= 0.6 is 0 Å². The highest BCUT2D eigenvalue weighted by Gasteiger charge is 2.17. The SMILES string of the molecule is CCCC(C)Nc1cc(Cc2ccc(CN3CCCC3)cc2)nc(N(Cc2ccc(OC)cc2)Cc2ccc(OC)cc2)n1. The molecular weight excluding hydrogens is 546 g/mol. The fourth-order valence-electron chi connectivity index (χ4n) is 5.82. The molecule has 0 saturated carbocycles. The van der Waals surface area contributed by atoms with Crippen molar-refractivity contribution in [1.82, 2.24) is 14.9 Å². The maximum atomic E-state index is 5.40. The molecule has 4 aromatic rings. The van der Waals surface area contributed by atoms with Gasteiger partial charge in [0.1, 0.15) is 17.3 Å². The van der Waals surface area contributed by atoms with Crippen LogP contribution in [0.5, 0.6) is 11.5 Å². The summed E-state index contributed by atoms with van der Waals surface area (Å²) in [5, 5.41) is 3.66. The van der Waals surface area contributed by atoms with Crippen LogP contribution in [0.15, 0.2) is 78.9 Å². The number of likely N-dealkylation sites (tertiary alicyclic amines) is 1. The highest BCUT2D eigenvalue weighted by molar-refractivity contribution is 5.47. The van der Waals surface area contributed by atoms with Crippen molar-refractivity contribution in [3.63, 3.8) is 0 Å². The van der Waals surface area contributed by atoms with Gasteiger partial charge in [0.05, 0.1) is 19.9 Å². The first kappa shape index (κ1) is 31.3. The van der Waals surface area contributed by atoms with Crippen LogP contribution in [0.25, 0.3) is 0 Å². The highest BCUT2D eigenvalue weighted by Crippen LogP contribution is 2.24. The van der Waals surface area contributed by atoms with E-state index in [0.717, 1.165) is 59.9 Å². The average Bonchev–Trinajstić information content (AvgIpc) is 3.55. The largest absolute Gasteiger partial charge is 0.497 e. The number of anilines is 2. The summed E-state index contributed by atoms with van der Waals surface area (Å²) in [5.41, 5.74) is 5.96. The summed E-state index contributed by atoms with van der Waals surface area (Å²) in [6.07, 6.45) is 5.57. The first-order chi connectivity index (χ1) is 21.5. The quantitative estimate of drug-likeness (QED) is 0.153. The number of ether oxygens (including phenoxy) is 2. The van der Waals surface area contributed by atoms with Crippen molar-refractivity contribution in [3.05, 3.63) is 107 Å². The molecule has 1 unspecified atom stereocenters. The first-order valence-corrected chi connectivity index (χ1v) is 16.0. The van der Waals surface area contributed by atoms with E-state index in [0.29, 0.717) is 25.1 Å². The van der Waals surface area contributed by atoms with Crippen LogP contribution in [0.2, 0.25) is 0 Å². The molecule has 3 aromatic carbocycles. The van der Waals surface area contributed by atoms with Gasteiger partial charge in [0, 0.05) is 38.2 Å². The van der Waals surface area contributed by atoms with Gasteiger partial charge in [-0.1, -0.05) is 61.9 Å². The molecule has 1 aromatic heterocycles. The van der Waals surface area contributed by atoms with Crippen molar-refractivity contribution in [2.75, 3.05) is 37.5 Å². The van der Waals surface area contributed by atoms with Gasteiger partial charge in [0.25, 0.3) is 0 Å². The maximum Gasteiger partial charge on any atom is 0.228 e. The van der Waals surface area contributed by atoms with Crippen molar-refractivity contribution in [3.8, 4) is 11.5 Å². The molecule has 1 fully saturated rings. The lowest BCUT2D eigenvalue weighted by molar-refractivity contribution is 0.331. The average molecular weight is 594 g/mol. The third-order valence-electron chi connectivity index (χ3n) is 8.24. The lowest BCUT2D eigenvalue weighted by atomic mass is 10.1. The van der Waals surface area contributed by atoms with Crippen LogP contribution in [-0.4, -0.2) is 48.2 Å². The number of hydrogen-bond donors (Lipinski definition) is 1. The minimum Gasteiger partial charge on any atom is -0.497 e. The summed E-state index contributed by atoms with van der Waals surface area (Å²) >= 11 is 0. The Bertz CT molecular complexity index is 1390. The summed E-state index contributed by atoms with van der Waals surface area (Å²) in [6.45, 7) is 9.21. The van der Waals surface area contributed by atoms with Crippen molar-refractivity contribution < 1.29 is 9.47 Å². The Morgan fingerprint density at radius 3 is 1.86 bits per heavy atom. The standard InChI is InChI=1S/C37H47N5O2/c1-5-8-28(2)38-36-24-33(23-29-9-11-30(12-10-29)25-41-21-6-7-22-41)39-37(40-36)42(26-31-13-17-34(43-3)18-14-31)27-32-15-19-35(44-4)20-16-32/h9-20,24,28H,5-8,21-23,25-27H2,1-4H3,(H,38,39,40). The van der Waals surface area contributed by atoms with E-state index in [-0.39, 0.29) is 0 Å². The molecule has 2 heterocycles. The Hall–Kier alpha value is -4.10. The predicted molar refractivity (Wildman–Crippen MR) is 180 cm³/mol. The minimum atomic E-state index is 0.317. The molecule has 44 heavy (non-hydrogen) atoms. The number of nitrogens with one attached hydrogen (secondary N) is 1. The van der Waals surface area contributed by atoms with Crippen molar-refractivity contribution >= 4 is 11.8 Å². The van der Waals surface area contributed by atoms with Gasteiger partial charge in [-0.3, -0.25) is 4.90 Å². The number of methoxy groups -OCH3 is 2. The summed E-state index contributed by atoms with van der Waals surface area (Å²) in [6, 6.07) is 27.9. The lowest BCUT2D eigenvalue weighted by Crippen LogP contribution is -2.26. The Balaban J connectivity index is 1.44. The van der Waals surface area contributed by atoms with E-state index in [4.69, 9.17) is 19.4 Å². The third-order valence-corrected chi connectivity index (χ3v) is 8.24. The molecule has 5 rings (SSSR count). The van der Waals surface area contributed by atoms with Gasteiger partial charge in [0.2, 0.25) is 5.95 Å². The second kappa shape index (κ2) is 15.6. The minimum absolute atomic E-state index is 0.317. The molecule has 0 aliphatic carbocycles. The number of benzene rings is 3. The van der Waals surface area contributed by atoms with Gasteiger partial charge in [-0.05, 0) is 85.8 Å². The van der Waals surface area contributed by atoms with Crippen LogP contribution in [-0.2, 0) is 26.1 Å². The summed E-state index contributed by atoms with van der Waals surface area (Å²) in [5.74, 6) is 3.27. The molecule has 7 nitrogen and oxygen atoms in total. The van der Waals surface area contributed by atoms with E-state index in [1.165, 1.54) is 37.1 Å². The summed E-state index contributed by atoms with van der Waals surface area (Å²) in [4.78, 5) is 15.0. The zero-order valence-corrected chi connectivity index (χ0v) is 26.8. The van der Waals surface area contributed by atoms with Crippen molar-refractivity contribution in [2.45, 2.75) is 71.6 Å². The van der Waals surface area contributed by atoms with Crippen LogP contribution in [0.4, 0.5) is 11.8 Å². The molecule has 1 atom stereocenters. The fraction of sp³-hybridized carbons (Fsp3) is 0.405. The van der Waals surface area contributed by atoms with Gasteiger partial charge in [-0.25, -0.2) is 4.98 Å². The van der Waals surface area contributed by atoms with E-state index in [1.807, 2.05) is 24.3 Å². The first-order valence-electron chi connectivity index (χ1n) is 16.0. The molecule has 1 N–H and O–H groups in total. The van der Waals surface area contributed by atoms with E-state index < -0.39 is 0 Å². The van der Waals surface area contributed by atoms with E-state index in [9.17, 15) is 0 Å². The second-order valence-electron chi connectivity index (χ2n) is 11.9. The number of rotatable bonds is 15. The summed E-state index contributed by atoms with van der Waals surface area (Å²) in [7, 11) is 3.39. The second-order valence-corrected chi connectivity index (χ2v) is 11.9. The van der Waals surface area contributed by atoms with E-state index in [1.54, 1.807) is 14.2 Å². The molecule has 0 bridgehead atoms. The Morgan fingerprint density at radius 1 is 0.773 bits per heavy atom. The molecule has 0 amide bonds. The van der Waals surface area contributed by atoms with Gasteiger partial charge in [-0.15, -0.1) is 0 Å². The van der Waals surface area contributed by atoms with Crippen LogP contribution in [0.1, 0.15) is 67.5 Å². The van der Waals surface area contributed by atoms with Gasteiger partial charge >= 0.3 is 0 Å². The van der Waals surface area contributed by atoms with Gasteiger partial charge in [-0.2, -0.15) is 4.98 Å². The molecule has 1 aliphatic heterocycles. The van der Waals surface area contributed by atoms with Crippen molar-refractivity contribution in [2.24, 2.45) is 0 Å². The Morgan fingerprint density at radius 2 is 1.32 bits per heavy atom. The Labute approximate surface area is 263 Å². The smallest absolute Gasteiger partial charge is 0.228 e. The number of hydrogen-bond acceptors (Lipinski definition) is 7. The summed E-state index contributed by atoms with van der Waals surface area (Å²) < 4.78 is 10.8. The monoisotopic (exact) mass is 593 g/mol. The molecular formula is C37H47N5O2. The topological polar surface area (TPSA) is 62.8 Å². The zero-order chi connectivity index (χ0) is 30.7. The van der Waals surface area contributed by atoms with Crippen LogP contribution in [0, 0.1) is 0 Å². The molecule has 232 valence electrons. The fourth-order valence-corrected chi connectivity index (χ4v) is 5.82. The molecule has 1 saturated heterocycles. The number of nitrogens with zero attached hydrogens (tertiary/aromatic N) is 4. The zero-order valence-electron chi connectivity index (χ0n) is 26.8. The van der Waals surface area contributed by atoms with Gasteiger partial charge in [0.15, 0.2) is 0 Å². The van der Waals surface area contributed by atoms with Gasteiger partial charge < -0.3 is 19.7 Å². The molecule has 7 heteroatoms. The van der Waals surface area contributed by atoms with Crippen LogP contribution in [0.3, 0.4) is 0 Å². The lowest BCUT2D eigenvalue weighted by Gasteiger charge is -2.25. The predicted octanol–water partition coefficient (Wildman–Crippen LogP) is 7.49. The highest BCUT2D eigenvalue weighted by atomic mass is 16.5. The number of aromatic nitrogens is 2. The normalized spacial score (nSPS) is 13.9. The Kier molecular flexibility index (Phi) is 11.1. The van der Waals surface area contributed by atoms with E-state index >= 15 is 0 Å². The third kappa shape index (κ3) is 8.96. The maximum absolute atomic E-state index is 5.40.